The Kier molecular flexibility index (Phi) is 3.18. The number of allylic oxidation sites excluding steroid dienone is 1. The number of hydrogen-bond acceptors (Lipinski definition) is 4. The number of benzene rings is 1. The van der Waals surface area contributed by atoms with Gasteiger partial charge in [-0.3, -0.25) is 0 Å². The van der Waals surface area contributed by atoms with Crippen LogP contribution < -0.4 is 0 Å². The van der Waals surface area contributed by atoms with Gasteiger partial charge >= 0.3 is 0 Å². The summed E-state index contributed by atoms with van der Waals surface area (Å²) in [5.74, 6) is 1.22. The van der Waals surface area contributed by atoms with E-state index < -0.39 is 0 Å². The third-order valence-corrected chi connectivity index (χ3v) is 7.92. The van der Waals surface area contributed by atoms with Crippen molar-refractivity contribution in [2.75, 3.05) is 5.75 Å². The Morgan fingerprint density at radius 1 is 0.773 bits per heavy atom. The molecular formula is C18H12S4. The van der Waals surface area contributed by atoms with Crippen LogP contribution in [0.3, 0.4) is 0 Å². The Bertz CT molecular complexity index is 947. The summed E-state index contributed by atoms with van der Waals surface area (Å²) in [6.07, 6.45) is 3.62. The maximum absolute atomic E-state index is 2.42. The second-order valence-corrected chi connectivity index (χ2v) is 9.18. The molecule has 1 aromatic carbocycles. The molecule has 0 amide bonds. The van der Waals surface area contributed by atoms with Gasteiger partial charge in [0, 0.05) is 46.8 Å². The van der Waals surface area contributed by atoms with E-state index in [-0.39, 0.29) is 0 Å². The summed E-state index contributed by atoms with van der Waals surface area (Å²) < 4.78 is 2.90. The SMILES string of the molecule is C1=C(c2c3ccsc3c(-c3cccs3)c3ccsc23)SCC1. The lowest BCUT2D eigenvalue weighted by Gasteiger charge is -2.11. The molecule has 1 aliphatic rings. The number of thioether (sulfide) groups is 1. The standard InChI is InChI=1S/C18H12S4/c1-3-13(19-7-1)15-11-5-9-22-18(11)16(14-4-2-8-20-14)12-6-10-21-17(12)15/h1,3-7,9-10H,2,8H2. The first-order chi connectivity index (χ1) is 10.9. The van der Waals surface area contributed by atoms with Crippen LogP contribution >= 0.6 is 45.8 Å². The Morgan fingerprint density at radius 3 is 2.23 bits per heavy atom. The molecule has 22 heavy (non-hydrogen) atoms. The van der Waals surface area contributed by atoms with Gasteiger partial charge in [0.25, 0.3) is 0 Å². The highest BCUT2D eigenvalue weighted by Crippen LogP contribution is 2.49. The zero-order valence-electron chi connectivity index (χ0n) is 11.7. The van der Waals surface area contributed by atoms with E-state index in [0.717, 1.165) is 0 Å². The Labute approximate surface area is 145 Å². The first-order valence-electron chi connectivity index (χ1n) is 7.21. The maximum atomic E-state index is 2.42. The van der Waals surface area contributed by atoms with Crippen LogP contribution in [0.4, 0.5) is 0 Å². The average Bonchev–Trinajstić information content (AvgIpc) is 3.29. The third kappa shape index (κ3) is 1.88. The van der Waals surface area contributed by atoms with E-state index >= 15 is 0 Å². The van der Waals surface area contributed by atoms with Crippen LogP contribution in [-0.4, -0.2) is 5.75 Å². The summed E-state index contributed by atoms with van der Waals surface area (Å²) in [7, 11) is 0. The van der Waals surface area contributed by atoms with Crippen molar-refractivity contribution in [3.63, 3.8) is 0 Å². The second-order valence-electron chi connectivity index (χ2n) is 5.26. The van der Waals surface area contributed by atoms with Gasteiger partial charge in [-0.2, -0.15) is 0 Å². The van der Waals surface area contributed by atoms with Gasteiger partial charge in [-0.05, 0) is 40.8 Å². The summed E-state index contributed by atoms with van der Waals surface area (Å²) in [4.78, 5) is 2.86. The Balaban J connectivity index is 1.97. The first kappa shape index (κ1) is 13.4. The van der Waals surface area contributed by atoms with Gasteiger partial charge in [-0.25, -0.2) is 0 Å². The number of rotatable bonds is 2. The van der Waals surface area contributed by atoms with Crippen molar-refractivity contribution in [2.24, 2.45) is 0 Å². The maximum Gasteiger partial charge on any atom is 0.0442 e. The van der Waals surface area contributed by atoms with Crippen molar-refractivity contribution < 1.29 is 0 Å². The van der Waals surface area contributed by atoms with E-state index in [1.54, 1.807) is 0 Å². The monoisotopic (exact) mass is 356 g/mol. The highest BCUT2D eigenvalue weighted by atomic mass is 32.2. The zero-order chi connectivity index (χ0) is 14.5. The minimum Gasteiger partial charge on any atom is -0.144 e. The fourth-order valence-corrected chi connectivity index (χ4v) is 7.06. The summed E-state index contributed by atoms with van der Waals surface area (Å²) in [6, 6.07) is 9.02. The molecule has 0 bridgehead atoms. The second kappa shape index (κ2) is 5.24. The average molecular weight is 357 g/mol. The van der Waals surface area contributed by atoms with E-state index in [4.69, 9.17) is 0 Å². The van der Waals surface area contributed by atoms with E-state index in [9.17, 15) is 0 Å². The van der Waals surface area contributed by atoms with Crippen LogP contribution in [0.2, 0.25) is 0 Å². The Morgan fingerprint density at radius 2 is 1.55 bits per heavy atom. The van der Waals surface area contributed by atoms with Gasteiger partial charge in [0.1, 0.15) is 0 Å². The van der Waals surface area contributed by atoms with Gasteiger partial charge in [0.15, 0.2) is 0 Å². The number of thiophene rings is 3. The van der Waals surface area contributed by atoms with Crippen LogP contribution in [0.5, 0.6) is 0 Å². The highest BCUT2D eigenvalue weighted by Gasteiger charge is 2.21. The molecule has 1 aliphatic heterocycles. The lowest BCUT2D eigenvalue weighted by atomic mass is 10.0. The van der Waals surface area contributed by atoms with Gasteiger partial charge < -0.3 is 0 Å². The highest BCUT2D eigenvalue weighted by molar-refractivity contribution is 8.08. The molecule has 0 radical (unpaired) electrons. The minimum absolute atomic E-state index is 1.20. The lowest BCUT2D eigenvalue weighted by Crippen LogP contribution is -1.84. The minimum atomic E-state index is 1.20. The van der Waals surface area contributed by atoms with E-state index in [1.807, 2.05) is 45.8 Å². The molecule has 108 valence electrons. The molecule has 0 atom stereocenters. The van der Waals surface area contributed by atoms with Gasteiger partial charge in [-0.1, -0.05) is 12.1 Å². The molecule has 5 rings (SSSR count). The number of hydrogen-bond donors (Lipinski definition) is 0. The molecular weight excluding hydrogens is 344 g/mol. The first-order valence-corrected chi connectivity index (χ1v) is 10.8. The van der Waals surface area contributed by atoms with Crippen molar-refractivity contribution >= 4 is 70.8 Å². The summed E-state index contributed by atoms with van der Waals surface area (Å²) in [5.41, 5.74) is 2.91. The van der Waals surface area contributed by atoms with Crippen molar-refractivity contribution in [3.05, 3.63) is 52.0 Å². The van der Waals surface area contributed by atoms with Crippen LogP contribution in [0, 0.1) is 0 Å². The molecule has 0 N–H and O–H groups in total. The largest absolute Gasteiger partial charge is 0.144 e. The van der Waals surface area contributed by atoms with Crippen molar-refractivity contribution in [3.8, 4) is 10.4 Å². The molecule has 4 heterocycles. The molecule has 3 aromatic heterocycles. The van der Waals surface area contributed by atoms with Crippen LogP contribution in [0.25, 0.3) is 35.5 Å². The molecule has 0 saturated heterocycles. The topological polar surface area (TPSA) is 0 Å². The van der Waals surface area contributed by atoms with Crippen LogP contribution in [0.15, 0.2) is 46.5 Å². The summed E-state index contributed by atoms with van der Waals surface area (Å²) in [5, 5.41) is 9.52. The van der Waals surface area contributed by atoms with Crippen LogP contribution in [0.1, 0.15) is 12.0 Å². The number of fused-ring (bicyclic) bond motifs is 2. The van der Waals surface area contributed by atoms with Crippen molar-refractivity contribution in [1.82, 2.24) is 0 Å². The summed E-state index contributed by atoms with van der Waals surface area (Å²) >= 11 is 7.62. The zero-order valence-corrected chi connectivity index (χ0v) is 14.9. The van der Waals surface area contributed by atoms with E-state index in [0.29, 0.717) is 0 Å². The van der Waals surface area contributed by atoms with E-state index in [1.165, 1.54) is 53.3 Å². The molecule has 4 aromatic rings. The summed E-state index contributed by atoms with van der Waals surface area (Å²) in [6.45, 7) is 0. The third-order valence-electron chi connectivity index (χ3n) is 4.04. The quantitative estimate of drug-likeness (QED) is 0.362. The van der Waals surface area contributed by atoms with Crippen molar-refractivity contribution in [2.45, 2.75) is 6.42 Å². The fraction of sp³-hybridized carbons (Fsp3) is 0.111. The molecule has 0 unspecified atom stereocenters. The molecule has 0 nitrogen and oxygen atoms in total. The molecule has 0 fully saturated rings. The van der Waals surface area contributed by atoms with Crippen LogP contribution in [-0.2, 0) is 0 Å². The Hall–Kier alpha value is -1.07. The van der Waals surface area contributed by atoms with Crippen molar-refractivity contribution in [1.29, 1.82) is 0 Å². The predicted octanol–water partition coefficient (Wildman–Crippen LogP) is 7.32. The fourth-order valence-electron chi connectivity index (χ4n) is 3.15. The molecule has 0 spiro atoms. The molecule has 0 aliphatic carbocycles. The normalized spacial score (nSPS) is 15.0. The molecule has 4 heteroatoms. The van der Waals surface area contributed by atoms with Gasteiger partial charge in [0.2, 0.25) is 0 Å². The van der Waals surface area contributed by atoms with Gasteiger partial charge in [0.05, 0.1) is 0 Å². The van der Waals surface area contributed by atoms with E-state index in [2.05, 4.69) is 46.5 Å². The lowest BCUT2D eigenvalue weighted by molar-refractivity contribution is 1.28. The smallest absolute Gasteiger partial charge is 0.0442 e. The van der Waals surface area contributed by atoms with Gasteiger partial charge in [-0.15, -0.1) is 45.8 Å². The predicted molar refractivity (Wildman–Crippen MR) is 106 cm³/mol. The molecule has 0 saturated carbocycles.